The standard InChI is InChI=1S/C11H17NO2S/c1-9(12)8-10(2)15(13,14)11-6-4-3-5-7-11/h3-7,9-10H,8,12H2,1-2H3. The maximum atomic E-state index is 12.0. The first-order valence-corrected chi connectivity index (χ1v) is 6.53. The Morgan fingerprint density at radius 2 is 1.73 bits per heavy atom. The van der Waals surface area contributed by atoms with Crippen molar-refractivity contribution >= 4 is 9.84 Å². The summed E-state index contributed by atoms with van der Waals surface area (Å²) < 4.78 is 24.0. The van der Waals surface area contributed by atoms with Crippen LogP contribution in [-0.4, -0.2) is 19.7 Å². The number of hydrogen-bond acceptors (Lipinski definition) is 3. The van der Waals surface area contributed by atoms with Crippen LogP contribution < -0.4 is 5.73 Å². The third-order valence-electron chi connectivity index (χ3n) is 2.31. The number of nitrogens with two attached hydrogens (primary N) is 1. The van der Waals surface area contributed by atoms with E-state index in [0.717, 1.165) is 0 Å². The molecule has 0 radical (unpaired) electrons. The van der Waals surface area contributed by atoms with Crippen LogP contribution in [0.5, 0.6) is 0 Å². The van der Waals surface area contributed by atoms with Crippen LogP contribution >= 0.6 is 0 Å². The maximum Gasteiger partial charge on any atom is 0.181 e. The van der Waals surface area contributed by atoms with Gasteiger partial charge in [0, 0.05) is 6.04 Å². The zero-order chi connectivity index (χ0) is 11.5. The highest BCUT2D eigenvalue weighted by Gasteiger charge is 2.23. The summed E-state index contributed by atoms with van der Waals surface area (Å²) >= 11 is 0. The largest absolute Gasteiger partial charge is 0.328 e. The van der Waals surface area contributed by atoms with Crippen LogP contribution in [0.25, 0.3) is 0 Å². The summed E-state index contributed by atoms with van der Waals surface area (Å²) in [5, 5.41) is -0.431. The van der Waals surface area contributed by atoms with E-state index in [4.69, 9.17) is 5.73 Å². The Balaban J connectivity index is 2.94. The van der Waals surface area contributed by atoms with E-state index in [1.165, 1.54) is 0 Å². The van der Waals surface area contributed by atoms with Crippen LogP contribution in [0.3, 0.4) is 0 Å². The summed E-state index contributed by atoms with van der Waals surface area (Å²) in [5.74, 6) is 0. The van der Waals surface area contributed by atoms with Crippen molar-refractivity contribution in [3.63, 3.8) is 0 Å². The number of rotatable bonds is 4. The second-order valence-corrected chi connectivity index (χ2v) is 6.25. The van der Waals surface area contributed by atoms with E-state index in [2.05, 4.69) is 0 Å². The first-order chi connectivity index (χ1) is 6.94. The molecule has 0 saturated heterocycles. The smallest absolute Gasteiger partial charge is 0.181 e. The lowest BCUT2D eigenvalue weighted by Gasteiger charge is -2.14. The molecule has 2 unspecified atom stereocenters. The van der Waals surface area contributed by atoms with Crippen molar-refractivity contribution in [2.75, 3.05) is 0 Å². The maximum absolute atomic E-state index is 12.0. The Morgan fingerprint density at radius 3 is 2.20 bits per heavy atom. The van der Waals surface area contributed by atoms with E-state index in [1.807, 2.05) is 6.92 Å². The monoisotopic (exact) mass is 227 g/mol. The Kier molecular flexibility index (Phi) is 3.88. The minimum Gasteiger partial charge on any atom is -0.328 e. The molecule has 2 N–H and O–H groups in total. The predicted octanol–water partition coefficient (Wildman–Crippen LogP) is 1.59. The minimum absolute atomic E-state index is 0.0986. The highest BCUT2D eigenvalue weighted by atomic mass is 32.2. The highest BCUT2D eigenvalue weighted by molar-refractivity contribution is 7.92. The summed E-state index contributed by atoms with van der Waals surface area (Å²) in [6.45, 7) is 3.52. The Bertz CT molecular complexity index is 398. The van der Waals surface area contributed by atoms with Gasteiger partial charge in [-0.25, -0.2) is 8.42 Å². The molecule has 0 aliphatic rings. The number of sulfone groups is 1. The fourth-order valence-electron chi connectivity index (χ4n) is 1.49. The second-order valence-electron chi connectivity index (χ2n) is 3.88. The van der Waals surface area contributed by atoms with Crippen LogP contribution in [-0.2, 0) is 9.84 Å². The lowest BCUT2D eigenvalue weighted by Crippen LogP contribution is -2.27. The van der Waals surface area contributed by atoms with Gasteiger partial charge in [0.25, 0.3) is 0 Å². The molecular formula is C11H17NO2S. The first-order valence-electron chi connectivity index (χ1n) is 4.99. The van der Waals surface area contributed by atoms with Gasteiger partial charge in [0.2, 0.25) is 0 Å². The molecule has 4 heteroatoms. The quantitative estimate of drug-likeness (QED) is 0.849. The average molecular weight is 227 g/mol. The van der Waals surface area contributed by atoms with Gasteiger partial charge >= 0.3 is 0 Å². The van der Waals surface area contributed by atoms with Gasteiger partial charge in [0.15, 0.2) is 9.84 Å². The summed E-state index contributed by atoms with van der Waals surface area (Å²) in [6, 6.07) is 8.39. The van der Waals surface area contributed by atoms with E-state index < -0.39 is 15.1 Å². The van der Waals surface area contributed by atoms with Crippen molar-refractivity contribution in [1.82, 2.24) is 0 Å². The Hall–Kier alpha value is -0.870. The molecule has 0 aromatic heterocycles. The molecule has 0 spiro atoms. The molecule has 0 amide bonds. The molecule has 0 fully saturated rings. The van der Waals surface area contributed by atoms with Crippen molar-refractivity contribution in [3.05, 3.63) is 30.3 Å². The van der Waals surface area contributed by atoms with Gasteiger partial charge in [-0.15, -0.1) is 0 Å². The number of hydrogen-bond donors (Lipinski definition) is 1. The molecule has 1 aromatic carbocycles. The van der Waals surface area contributed by atoms with Gasteiger partial charge in [-0.3, -0.25) is 0 Å². The van der Waals surface area contributed by atoms with Crippen LogP contribution in [0.4, 0.5) is 0 Å². The lowest BCUT2D eigenvalue weighted by molar-refractivity contribution is 0.563. The average Bonchev–Trinajstić information content (AvgIpc) is 2.18. The molecule has 15 heavy (non-hydrogen) atoms. The van der Waals surface area contributed by atoms with Gasteiger partial charge in [-0.1, -0.05) is 18.2 Å². The van der Waals surface area contributed by atoms with Crippen molar-refractivity contribution < 1.29 is 8.42 Å². The topological polar surface area (TPSA) is 60.2 Å². The van der Waals surface area contributed by atoms with Gasteiger partial charge in [-0.05, 0) is 32.4 Å². The summed E-state index contributed by atoms with van der Waals surface area (Å²) in [6.07, 6.45) is 0.483. The van der Waals surface area contributed by atoms with Crippen molar-refractivity contribution in [2.24, 2.45) is 5.73 Å². The molecule has 0 aliphatic heterocycles. The van der Waals surface area contributed by atoms with Crippen molar-refractivity contribution in [3.8, 4) is 0 Å². The van der Waals surface area contributed by atoms with E-state index in [-0.39, 0.29) is 6.04 Å². The van der Waals surface area contributed by atoms with Gasteiger partial charge < -0.3 is 5.73 Å². The fraction of sp³-hybridized carbons (Fsp3) is 0.455. The third kappa shape index (κ3) is 3.04. The minimum atomic E-state index is -3.21. The zero-order valence-corrected chi connectivity index (χ0v) is 9.87. The second kappa shape index (κ2) is 4.77. The molecule has 1 aromatic rings. The summed E-state index contributed by atoms with van der Waals surface area (Å²) in [5.41, 5.74) is 5.60. The molecule has 0 bridgehead atoms. The third-order valence-corrected chi connectivity index (χ3v) is 4.49. The van der Waals surface area contributed by atoms with Gasteiger partial charge in [-0.2, -0.15) is 0 Å². The van der Waals surface area contributed by atoms with E-state index in [1.54, 1.807) is 37.3 Å². The zero-order valence-electron chi connectivity index (χ0n) is 9.05. The molecular weight excluding hydrogens is 210 g/mol. The van der Waals surface area contributed by atoms with E-state index in [9.17, 15) is 8.42 Å². The normalized spacial score (nSPS) is 15.9. The predicted molar refractivity (Wildman–Crippen MR) is 61.4 cm³/mol. The SMILES string of the molecule is CC(N)CC(C)S(=O)(=O)c1ccccc1. The van der Waals surface area contributed by atoms with Crippen LogP contribution in [0.2, 0.25) is 0 Å². The van der Waals surface area contributed by atoms with Gasteiger partial charge in [0.1, 0.15) is 0 Å². The Morgan fingerprint density at radius 1 is 1.20 bits per heavy atom. The molecule has 0 saturated carbocycles. The molecule has 2 atom stereocenters. The number of benzene rings is 1. The van der Waals surface area contributed by atoms with E-state index in [0.29, 0.717) is 11.3 Å². The van der Waals surface area contributed by atoms with Crippen LogP contribution in [0.1, 0.15) is 20.3 Å². The molecule has 3 nitrogen and oxygen atoms in total. The van der Waals surface area contributed by atoms with E-state index >= 15 is 0 Å². The van der Waals surface area contributed by atoms with Crippen molar-refractivity contribution in [2.45, 2.75) is 36.5 Å². The molecule has 84 valence electrons. The first kappa shape index (κ1) is 12.2. The van der Waals surface area contributed by atoms with Crippen molar-refractivity contribution in [1.29, 1.82) is 0 Å². The molecule has 0 aliphatic carbocycles. The highest BCUT2D eigenvalue weighted by Crippen LogP contribution is 2.18. The fourth-order valence-corrected chi connectivity index (χ4v) is 3.05. The summed E-state index contributed by atoms with van der Waals surface area (Å²) in [7, 11) is -3.21. The lowest BCUT2D eigenvalue weighted by atomic mass is 10.2. The summed E-state index contributed by atoms with van der Waals surface area (Å²) in [4.78, 5) is 0.373. The van der Waals surface area contributed by atoms with Gasteiger partial charge in [0.05, 0.1) is 10.1 Å². The Labute approximate surface area is 91.2 Å². The molecule has 0 heterocycles. The van der Waals surface area contributed by atoms with Crippen LogP contribution in [0.15, 0.2) is 35.2 Å². The molecule has 1 rings (SSSR count). The van der Waals surface area contributed by atoms with Crippen LogP contribution in [0, 0.1) is 0 Å².